The van der Waals surface area contributed by atoms with Gasteiger partial charge in [-0.05, 0) is 41.0 Å². The molecule has 0 aliphatic heterocycles. The Bertz CT molecular complexity index is 271. The van der Waals surface area contributed by atoms with Gasteiger partial charge in [-0.1, -0.05) is 0 Å². The van der Waals surface area contributed by atoms with Crippen LogP contribution >= 0.6 is 34.1 Å². The summed E-state index contributed by atoms with van der Waals surface area (Å²) in [5.41, 5.74) is 0.170. The molecule has 0 aliphatic carbocycles. The first-order valence-electron chi connectivity index (χ1n) is 2.48. The molecule has 0 unspecified atom stereocenters. The Kier molecular flexibility index (Phi) is 2.24. The summed E-state index contributed by atoms with van der Waals surface area (Å²) in [7, 11) is 0. The summed E-state index contributed by atoms with van der Waals surface area (Å²) in [6.07, 6.45) is 0. The lowest BCUT2D eigenvalue weighted by Crippen LogP contribution is -1.98. The van der Waals surface area contributed by atoms with Gasteiger partial charge in [0.1, 0.15) is 0 Å². The molecule has 54 valence electrons. The fraction of sp³-hybridized carbons (Fsp3) is 0.200. The van der Waals surface area contributed by atoms with E-state index in [9.17, 15) is 4.79 Å². The molecule has 1 aromatic heterocycles. The molecule has 3 nitrogen and oxygen atoms in total. The highest BCUT2D eigenvalue weighted by Crippen LogP contribution is 2.19. The van der Waals surface area contributed by atoms with Crippen molar-refractivity contribution in [3.8, 4) is 0 Å². The topological polar surface area (TPSA) is 50.2 Å². The maximum Gasteiger partial charge on any atom is 0.356 e. The highest BCUT2D eigenvalue weighted by Gasteiger charge is 2.13. The van der Waals surface area contributed by atoms with Crippen LogP contribution in [0.5, 0.6) is 0 Å². The Morgan fingerprint density at radius 2 is 2.40 bits per heavy atom. The molecule has 1 heterocycles. The summed E-state index contributed by atoms with van der Waals surface area (Å²) in [5.74, 6) is -0.950. The van der Waals surface area contributed by atoms with Gasteiger partial charge in [0.05, 0.1) is 3.57 Å². The number of aromatic nitrogens is 1. The fourth-order valence-corrected chi connectivity index (χ4v) is 1.88. The lowest BCUT2D eigenvalue weighted by atomic mass is 10.4. The minimum Gasteiger partial charge on any atom is -0.476 e. The Morgan fingerprint density at radius 1 is 1.80 bits per heavy atom. The molecule has 0 atom stereocenters. The van der Waals surface area contributed by atoms with Crippen LogP contribution in [0.25, 0.3) is 0 Å². The molecule has 0 aliphatic rings. The molecular weight excluding hydrogens is 265 g/mol. The summed E-state index contributed by atoms with van der Waals surface area (Å²) in [6, 6.07) is 0. The van der Waals surface area contributed by atoms with E-state index in [1.165, 1.54) is 11.5 Å². The Hall–Kier alpha value is -0.170. The maximum absolute atomic E-state index is 10.4. The van der Waals surface area contributed by atoms with Gasteiger partial charge >= 0.3 is 5.97 Å². The van der Waals surface area contributed by atoms with Gasteiger partial charge in [-0.2, -0.15) is 4.37 Å². The summed E-state index contributed by atoms with van der Waals surface area (Å²) in [6.45, 7) is 1.85. The average Bonchev–Trinajstić information content (AvgIpc) is 2.14. The van der Waals surface area contributed by atoms with Gasteiger partial charge in [0.15, 0.2) is 5.69 Å². The van der Waals surface area contributed by atoms with Crippen LogP contribution in [0.4, 0.5) is 0 Å². The molecule has 0 aromatic carbocycles. The van der Waals surface area contributed by atoms with Crippen molar-refractivity contribution in [2.24, 2.45) is 0 Å². The number of carboxylic acid groups (broad SMARTS) is 1. The first kappa shape index (κ1) is 7.93. The van der Waals surface area contributed by atoms with Gasteiger partial charge in [-0.15, -0.1) is 0 Å². The van der Waals surface area contributed by atoms with Crippen LogP contribution in [0.15, 0.2) is 0 Å². The number of hydrogen-bond donors (Lipinski definition) is 1. The summed E-state index contributed by atoms with van der Waals surface area (Å²) < 4.78 is 4.49. The zero-order chi connectivity index (χ0) is 7.72. The zero-order valence-corrected chi connectivity index (χ0v) is 8.06. The standard InChI is InChI=1S/C5H4INO2S/c1-2-3(6)4(5(8)9)7-10-2/h1H3,(H,8,9). The summed E-state index contributed by atoms with van der Waals surface area (Å²) in [4.78, 5) is 11.3. The second kappa shape index (κ2) is 2.83. The smallest absolute Gasteiger partial charge is 0.356 e. The molecule has 0 spiro atoms. The Morgan fingerprint density at radius 3 is 2.60 bits per heavy atom. The summed E-state index contributed by atoms with van der Waals surface area (Å²) in [5, 5.41) is 8.52. The number of aryl methyl sites for hydroxylation is 1. The molecule has 1 aromatic rings. The van der Waals surface area contributed by atoms with E-state index in [-0.39, 0.29) is 5.69 Å². The number of hydrogen-bond acceptors (Lipinski definition) is 3. The van der Waals surface area contributed by atoms with Crippen molar-refractivity contribution in [1.82, 2.24) is 4.37 Å². The van der Waals surface area contributed by atoms with Crippen molar-refractivity contribution in [2.75, 3.05) is 0 Å². The SMILES string of the molecule is Cc1snc(C(=O)O)c1I. The minimum atomic E-state index is -0.950. The van der Waals surface area contributed by atoms with E-state index >= 15 is 0 Å². The second-order valence-electron chi connectivity index (χ2n) is 1.71. The predicted octanol–water partition coefficient (Wildman–Crippen LogP) is 1.75. The fourth-order valence-electron chi connectivity index (χ4n) is 0.494. The van der Waals surface area contributed by atoms with Crippen LogP contribution in [0.1, 0.15) is 15.4 Å². The number of rotatable bonds is 1. The zero-order valence-electron chi connectivity index (χ0n) is 5.09. The van der Waals surface area contributed by atoms with Gasteiger partial charge in [0.25, 0.3) is 0 Å². The molecule has 1 N–H and O–H groups in total. The van der Waals surface area contributed by atoms with Crippen LogP contribution in [0, 0.1) is 10.5 Å². The van der Waals surface area contributed by atoms with E-state index in [1.807, 2.05) is 29.5 Å². The molecule has 0 radical (unpaired) electrons. The van der Waals surface area contributed by atoms with Crippen LogP contribution in [-0.4, -0.2) is 15.4 Å². The molecule has 0 saturated heterocycles. The molecule has 1 rings (SSSR count). The van der Waals surface area contributed by atoms with Crippen molar-refractivity contribution >= 4 is 40.1 Å². The van der Waals surface area contributed by atoms with Crippen LogP contribution < -0.4 is 0 Å². The van der Waals surface area contributed by atoms with Gasteiger partial charge in [0, 0.05) is 4.88 Å². The number of carboxylic acids is 1. The maximum atomic E-state index is 10.4. The third-order valence-corrected chi connectivity index (χ3v) is 3.43. The van der Waals surface area contributed by atoms with E-state index in [2.05, 4.69) is 4.37 Å². The molecule has 5 heteroatoms. The Balaban J connectivity index is 3.17. The van der Waals surface area contributed by atoms with Gasteiger partial charge < -0.3 is 5.11 Å². The van der Waals surface area contributed by atoms with Crippen molar-refractivity contribution in [2.45, 2.75) is 6.92 Å². The molecule has 0 fully saturated rings. The largest absolute Gasteiger partial charge is 0.476 e. The summed E-state index contributed by atoms with van der Waals surface area (Å²) >= 11 is 3.20. The van der Waals surface area contributed by atoms with Crippen LogP contribution in [-0.2, 0) is 0 Å². The highest BCUT2D eigenvalue weighted by molar-refractivity contribution is 14.1. The van der Waals surface area contributed by atoms with Crippen molar-refractivity contribution in [3.63, 3.8) is 0 Å². The van der Waals surface area contributed by atoms with Gasteiger partial charge in [-0.3, -0.25) is 0 Å². The third-order valence-electron chi connectivity index (χ3n) is 0.993. The molecule has 0 saturated carbocycles. The van der Waals surface area contributed by atoms with Crippen molar-refractivity contribution < 1.29 is 9.90 Å². The number of nitrogens with zero attached hydrogens (tertiary/aromatic N) is 1. The molecule has 10 heavy (non-hydrogen) atoms. The molecule has 0 amide bonds. The molecular formula is C5H4INO2S. The average molecular weight is 269 g/mol. The monoisotopic (exact) mass is 269 g/mol. The van der Waals surface area contributed by atoms with Crippen LogP contribution in [0.3, 0.4) is 0 Å². The number of carbonyl (C=O) groups is 1. The van der Waals surface area contributed by atoms with Gasteiger partial charge in [-0.25, -0.2) is 4.79 Å². The number of halogens is 1. The first-order chi connectivity index (χ1) is 4.63. The van der Waals surface area contributed by atoms with E-state index in [0.717, 1.165) is 8.45 Å². The first-order valence-corrected chi connectivity index (χ1v) is 4.33. The predicted molar refractivity (Wildman–Crippen MR) is 46.5 cm³/mol. The van der Waals surface area contributed by atoms with Gasteiger partial charge in [0.2, 0.25) is 0 Å². The Labute approximate surface area is 75.4 Å². The normalized spacial score (nSPS) is 9.80. The van der Waals surface area contributed by atoms with E-state index in [1.54, 1.807) is 0 Å². The van der Waals surface area contributed by atoms with Crippen molar-refractivity contribution in [1.29, 1.82) is 0 Å². The van der Waals surface area contributed by atoms with Crippen LogP contribution in [0.2, 0.25) is 0 Å². The van der Waals surface area contributed by atoms with E-state index < -0.39 is 5.97 Å². The van der Waals surface area contributed by atoms with E-state index in [4.69, 9.17) is 5.11 Å². The van der Waals surface area contributed by atoms with Crippen molar-refractivity contribution in [3.05, 3.63) is 14.1 Å². The molecule has 0 bridgehead atoms. The third kappa shape index (κ3) is 1.29. The number of aromatic carboxylic acids is 1. The lowest BCUT2D eigenvalue weighted by molar-refractivity contribution is 0.0690. The van der Waals surface area contributed by atoms with E-state index in [0.29, 0.717) is 0 Å². The quantitative estimate of drug-likeness (QED) is 0.790. The second-order valence-corrected chi connectivity index (χ2v) is 3.76. The minimum absolute atomic E-state index is 0.170. The lowest BCUT2D eigenvalue weighted by Gasteiger charge is -1.85. The highest BCUT2D eigenvalue weighted by atomic mass is 127.